The third-order valence-corrected chi connectivity index (χ3v) is 5.84. The Balaban J connectivity index is 1.70. The molecule has 5 nitrogen and oxygen atoms in total. The highest BCUT2D eigenvalue weighted by Crippen LogP contribution is 2.47. The predicted molar refractivity (Wildman–Crippen MR) is 102 cm³/mol. The number of anilines is 1. The first-order chi connectivity index (χ1) is 12.6. The molecule has 1 aliphatic heterocycles. The second kappa shape index (κ2) is 6.55. The molecule has 0 bridgehead atoms. The summed E-state index contributed by atoms with van der Waals surface area (Å²) in [6, 6.07) is 15.0. The van der Waals surface area contributed by atoms with Gasteiger partial charge in [0.15, 0.2) is 0 Å². The van der Waals surface area contributed by atoms with E-state index in [9.17, 15) is 9.59 Å². The van der Waals surface area contributed by atoms with Crippen LogP contribution in [0.3, 0.4) is 0 Å². The number of hydroxylamine groups is 1. The number of benzene rings is 2. The molecule has 0 saturated carbocycles. The Morgan fingerprint density at radius 1 is 1.19 bits per heavy atom. The first kappa shape index (κ1) is 16.8. The van der Waals surface area contributed by atoms with E-state index in [1.165, 1.54) is 11.3 Å². The van der Waals surface area contributed by atoms with Crippen molar-refractivity contribution in [3.8, 4) is 0 Å². The van der Waals surface area contributed by atoms with Crippen LogP contribution in [-0.2, 0) is 0 Å². The lowest BCUT2D eigenvalue weighted by Gasteiger charge is -2.43. The Kier molecular flexibility index (Phi) is 4.22. The molecule has 1 atom stereocenters. The highest BCUT2D eigenvalue weighted by Gasteiger charge is 2.39. The van der Waals surface area contributed by atoms with E-state index in [0.717, 1.165) is 39.1 Å². The number of fused-ring (bicyclic) bond motifs is 2. The molecule has 1 unspecified atom stereocenters. The third-order valence-electron chi connectivity index (χ3n) is 4.74. The number of hydrogen-bond acceptors (Lipinski definition) is 4. The van der Waals surface area contributed by atoms with Crippen LogP contribution in [0.5, 0.6) is 0 Å². The molecule has 1 aliphatic rings. The number of hydrogen-bond donors (Lipinski definition) is 2. The van der Waals surface area contributed by atoms with Crippen molar-refractivity contribution >= 4 is 38.9 Å². The van der Waals surface area contributed by atoms with Gasteiger partial charge >= 0.3 is 0 Å². The van der Waals surface area contributed by atoms with Gasteiger partial charge in [-0.1, -0.05) is 31.5 Å². The molecule has 1 aromatic heterocycles. The zero-order chi connectivity index (χ0) is 18.3. The van der Waals surface area contributed by atoms with E-state index in [4.69, 9.17) is 5.21 Å². The van der Waals surface area contributed by atoms with Crippen LogP contribution in [0.25, 0.3) is 10.1 Å². The predicted octanol–water partition coefficient (Wildman–Crippen LogP) is 4.52. The van der Waals surface area contributed by atoms with Gasteiger partial charge in [-0.15, -0.1) is 11.3 Å². The summed E-state index contributed by atoms with van der Waals surface area (Å²) in [4.78, 5) is 27.3. The molecule has 0 aliphatic carbocycles. The van der Waals surface area contributed by atoms with Gasteiger partial charge in [0.05, 0.1) is 16.6 Å². The molecule has 0 saturated heterocycles. The average molecular weight is 366 g/mol. The number of carbonyl (C=O) groups is 2. The van der Waals surface area contributed by atoms with Gasteiger partial charge in [-0.25, -0.2) is 5.48 Å². The van der Waals surface area contributed by atoms with Crippen LogP contribution in [0, 0.1) is 0 Å². The second-order valence-corrected chi connectivity index (χ2v) is 7.43. The van der Waals surface area contributed by atoms with E-state index in [0.29, 0.717) is 5.56 Å². The Morgan fingerprint density at radius 3 is 2.73 bits per heavy atom. The summed E-state index contributed by atoms with van der Waals surface area (Å²) < 4.78 is 1.10. The summed E-state index contributed by atoms with van der Waals surface area (Å²) in [7, 11) is 0. The lowest BCUT2D eigenvalue weighted by Crippen LogP contribution is -2.43. The van der Waals surface area contributed by atoms with Crippen molar-refractivity contribution in [1.29, 1.82) is 0 Å². The van der Waals surface area contributed by atoms with E-state index >= 15 is 0 Å². The summed E-state index contributed by atoms with van der Waals surface area (Å²) in [5.41, 5.74) is 3.85. The first-order valence-electron chi connectivity index (χ1n) is 8.54. The van der Waals surface area contributed by atoms with Gasteiger partial charge < -0.3 is 0 Å². The van der Waals surface area contributed by atoms with Gasteiger partial charge in [0.25, 0.3) is 11.8 Å². The number of amides is 2. The lowest BCUT2D eigenvalue weighted by molar-refractivity contribution is 0.0706. The van der Waals surface area contributed by atoms with Crippen molar-refractivity contribution in [2.75, 3.05) is 4.90 Å². The summed E-state index contributed by atoms with van der Waals surface area (Å²) >= 11 is 1.50. The van der Waals surface area contributed by atoms with Gasteiger partial charge in [0.1, 0.15) is 0 Å². The molecular weight excluding hydrogens is 348 g/mol. The summed E-state index contributed by atoms with van der Waals surface area (Å²) in [6.07, 6.45) is 1.75. The monoisotopic (exact) mass is 366 g/mol. The average Bonchev–Trinajstić information content (AvgIpc) is 3.10. The molecule has 2 amide bonds. The molecule has 6 heteroatoms. The number of carbonyl (C=O) groups excluding carboxylic acids is 2. The summed E-state index contributed by atoms with van der Waals surface area (Å²) in [6.45, 7) is 2.07. The Morgan fingerprint density at radius 2 is 2.00 bits per heavy atom. The maximum Gasteiger partial charge on any atom is 0.274 e. The Bertz CT molecular complexity index is 978. The molecule has 3 aromatic rings. The van der Waals surface area contributed by atoms with Crippen molar-refractivity contribution < 1.29 is 14.8 Å². The molecule has 0 radical (unpaired) electrons. The minimum atomic E-state index is -0.544. The third kappa shape index (κ3) is 2.58. The van der Waals surface area contributed by atoms with Crippen LogP contribution >= 0.6 is 11.3 Å². The van der Waals surface area contributed by atoms with Crippen molar-refractivity contribution in [1.82, 2.24) is 5.48 Å². The smallest absolute Gasteiger partial charge is 0.274 e. The summed E-state index contributed by atoms with van der Waals surface area (Å²) in [5.74, 6) is -0.547. The molecule has 0 spiro atoms. The summed E-state index contributed by atoms with van der Waals surface area (Å²) in [5, 5.41) is 9.90. The quantitative estimate of drug-likeness (QED) is 0.527. The standard InChI is InChI=1S/C20H18N2O3S/c1-2-5-15-14-10-13(19(23)21-25)8-9-16(14)22(15)20(24)18-11-12-6-3-4-7-17(12)26-18/h3-4,6-11,15,25H,2,5H2,1H3,(H,21,23). The fourth-order valence-electron chi connectivity index (χ4n) is 3.50. The molecule has 132 valence electrons. The minimum Gasteiger partial charge on any atom is -0.300 e. The second-order valence-electron chi connectivity index (χ2n) is 6.34. The minimum absolute atomic E-state index is 0.00323. The van der Waals surface area contributed by atoms with Crippen molar-refractivity contribution in [2.24, 2.45) is 0 Å². The van der Waals surface area contributed by atoms with Gasteiger partial charge in [-0.2, -0.15) is 0 Å². The molecule has 0 fully saturated rings. The maximum absolute atomic E-state index is 13.1. The van der Waals surface area contributed by atoms with Crippen molar-refractivity contribution in [3.05, 3.63) is 64.5 Å². The molecule has 4 rings (SSSR count). The molecule has 2 heterocycles. The highest BCUT2D eigenvalue weighted by molar-refractivity contribution is 7.20. The van der Waals surface area contributed by atoms with Crippen molar-refractivity contribution in [2.45, 2.75) is 25.8 Å². The van der Waals surface area contributed by atoms with Crippen LogP contribution in [-0.4, -0.2) is 17.0 Å². The number of rotatable bonds is 4. The van der Waals surface area contributed by atoms with Gasteiger partial charge in [0, 0.05) is 10.3 Å². The van der Waals surface area contributed by atoms with Gasteiger partial charge in [-0.05, 0) is 47.7 Å². The first-order valence-corrected chi connectivity index (χ1v) is 9.36. The van der Waals surface area contributed by atoms with Crippen LogP contribution in [0.4, 0.5) is 5.69 Å². The number of nitrogens with one attached hydrogen (secondary N) is 1. The van der Waals surface area contributed by atoms with Crippen LogP contribution in [0.2, 0.25) is 0 Å². The van der Waals surface area contributed by atoms with Crippen molar-refractivity contribution in [3.63, 3.8) is 0 Å². The van der Waals surface area contributed by atoms with Gasteiger partial charge in [0.2, 0.25) is 0 Å². The van der Waals surface area contributed by atoms with E-state index < -0.39 is 5.91 Å². The molecular formula is C20H18N2O3S. The molecule has 26 heavy (non-hydrogen) atoms. The van der Waals surface area contributed by atoms with E-state index in [-0.39, 0.29) is 11.9 Å². The van der Waals surface area contributed by atoms with Crippen LogP contribution in [0.15, 0.2) is 48.5 Å². The zero-order valence-corrected chi connectivity index (χ0v) is 15.0. The van der Waals surface area contributed by atoms with E-state index in [1.807, 2.05) is 35.2 Å². The zero-order valence-electron chi connectivity index (χ0n) is 14.2. The fourth-order valence-corrected chi connectivity index (χ4v) is 4.50. The fraction of sp³-hybridized carbons (Fsp3) is 0.200. The highest BCUT2D eigenvalue weighted by atomic mass is 32.1. The molecule has 2 N–H and O–H groups in total. The van der Waals surface area contributed by atoms with E-state index in [2.05, 4.69) is 6.92 Å². The maximum atomic E-state index is 13.1. The van der Waals surface area contributed by atoms with Crippen LogP contribution in [0.1, 0.15) is 51.4 Å². The SMILES string of the molecule is CCCC1c2cc(C(=O)NO)ccc2N1C(=O)c1cc2ccccc2s1. The Labute approximate surface area is 154 Å². The number of nitrogens with zero attached hydrogens (tertiary/aromatic N) is 1. The number of thiophene rings is 1. The lowest BCUT2D eigenvalue weighted by atomic mass is 9.88. The topological polar surface area (TPSA) is 69.6 Å². The van der Waals surface area contributed by atoms with E-state index in [1.54, 1.807) is 23.7 Å². The van der Waals surface area contributed by atoms with Crippen LogP contribution < -0.4 is 10.4 Å². The largest absolute Gasteiger partial charge is 0.300 e. The Hall–Kier alpha value is -2.70. The normalized spacial score (nSPS) is 15.5. The van der Waals surface area contributed by atoms with Gasteiger partial charge in [-0.3, -0.25) is 19.7 Å². The molecule has 2 aromatic carbocycles.